The highest BCUT2D eigenvalue weighted by Crippen LogP contribution is 2.55. The summed E-state index contributed by atoms with van der Waals surface area (Å²) >= 11 is 6.42. The number of amides is 2. The van der Waals surface area contributed by atoms with E-state index < -0.39 is 44.5 Å². The zero-order valence-electron chi connectivity index (χ0n) is 23.9. The maximum absolute atomic E-state index is 15.0. The third kappa shape index (κ3) is 4.90. The van der Waals surface area contributed by atoms with Crippen LogP contribution in [0.2, 0.25) is 5.02 Å². The molecule has 2 heterocycles. The number of halogens is 4. The summed E-state index contributed by atoms with van der Waals surface area (Å²) in [4.78, 5) is 30.3. The van der Waals surface area contributed by atoms with Crippen LogP contribution < -0.4 is 18.5 Å². The minimum Gasteiger partial charge on any atom is -0.497 e. The first kappa shape index (κ1) is 31.4. The summed E-state index contributed by atoms with van der Waals surface area (Å²) in [5.74, 6) is -2.40. The summed E-state index contributed by atoms with van der Waals surface area (Å²) in [7, 11) is 0.550. The molecule has 15 heteroatoms. The van der Waals surface area contributed by atoms with E-state index in [0.717, 1.165) is 18.2 Å². The van der Waals surface area contributed by atoms with Crippen LogP contribution in [-0.4, -0.2) is 77.3 Å². The minimum atomic E-state index is -5.27. The lowest BCUT2D eigenvalue weighted by Gasteiger charge is -2.51. The smallest absolute Gasteiger partial charge is 0.497 e. The van der Waals surface area contributed by atoms with Gasteiger partial charge in [-0.25, -0.2) is 12.7 Å². The number of likely N-dealkylation sites (tertiary alicyclic amines) is 1. The van der Waals surface area contributed by atoms with Crippen LogP contribution in [0, 0.1) is 0 Å². The highest BCUT2D eigenvalue weighted by Gasteiger charge is 2.64. The molecular weight excluding hydrogens is 627 g/mol. The number of benzene rings is 3. The van der Waals surface area contributed by atoms with Gasteiger partial charge in [-0.05, 0) is 42.8 Å². The standard InChI is InChI=1S/C29H27ClF3N3O7S/c1-34(2)26(37)22-13-14-35(22)28(19-7-5-6-8-23(19)42-4)20-15-17(30)9-11-21(20)36(27(28)38)44(39,40)25-12-10-18(41-3)16-24(25)43-29(31,32)33/h5-12,15-16,22H,13-14H2,1-4H3. The van der Waals surface area contributed by atoms with Crippen LogP contribution in [-0.2, 0) is 25.2 Å². The molecule has 234 valence electrons. The average Bonchev–Trinajstić information content (AvgIpc) is 3.19. The lowest BCUT2D eigenvalue weighted by molar-refractivity contribution is -0.275. The van der Waals surface area contributed by atoms with Gasteiger partial charge in [0.25, 0.3) is 15.9 Å². The lowest BCUT2D eigenvalue weighted by Crippen LogP contribution is -2.67. The number of anilines is 1. The number of sulfonamides is 1. The Balaban J connectivity index is 1.82. The van der Waals surface area contributed by atoms with E-state index in [0.29, 0.717) is 10.7 Å². The van der Waals surface area contributed by atoms with Crippen molar-refractivity contribution in [2.75, 3.05) is 39.2 Å². The molecule has 3 aromatic carbocycles. The molecule has 0 aromatic heterocycles. The second-order valence-electron chi connectivity index (χ2n) is 10.2. The topological polar surface area (TPSA) is 106 Å². The summed E-state index contributed by atoms with van der Waals surface area (Å²) in [6, 6.07) is 12.4. The number of para-hydroxylation sites is 1. The maximum Gasteiger partial charge on any atom is 0.573 e. The first-order valence-corrected chi connectivity index (χ1v) is 14.9. The number of carbonyl (C=O) groups excluding carboxylic acids is 2. The van der Waals surface area contributed by atoms with Crippen molar-refractivity contribution >= 4 is 39.1 Å². The molecule has 2 unspecified atom stereocenters. The Morgan fingerprint density at radius 2 is 1.70 bits per heavy atom. The number of hydrogen-bond acceptors (Lipinski definition) is 8. The van der Waals surface area contributed by atoms with Crippen LogP contribution in [0.1, 0.15) is 17.5 Å². The molecule has 0 saturated carbocycles. The van der Waals surface area contributed by atoms with Crippen LogP contribution in [0.5, 0.6) is 17.2 Å². The molecular formula is C29H27ClF3N3O7S. The first-order valence-electron chi connectivity index (χ1n) is 13.1. The maximum atomic E-state index is 15.0. The van der Waals surface area contributed by atoms with E-state index in [1.807, 2.05) is 0 Å². The fourth-order valence-corrected chi connectivity index (χ4v) is 7.43. The normalized spacial score (nSPS) is 20.1. The van der Waals surface area contributed by atoms with Gasteiger partial charge in [-0.1, -0.05) is 29.8 Å². The van der Waals surface area contributed by atoms with Gasteiger partial charge in [-0.3, -0.25) is 14.5 Å². The largest absolute Gasteiger partial charge is 0.573 e. The van der Waals surface area contributed by atoms with Crippen LogP contribution in [0.15, 0.2) is 65.6 Å². The van der Waals surface area contributed by atoms with E-state index in [2.05, 4.69) is 4.74 Å². The SMILES string of the molecule is COc1ccc(S(=O)(=O)N2C(=O)C(c3ccccc3OC)(N3CCC3C(=O)N(C)C)c3cc(Cl)ccc32)c(OC(F)(F)F)c1. The highest BCUT2D eigenvalue weighted by molar-refractivity contribution is 7.93. The van der Waals surface area contributed by atoms with Gasteiger partial charge in [-0.2, -0.15) is 0 Å². The van der Waals surface area contributed by atoms with Crippen LogP contribution in [0.25, 0.3) is 0 Å². The molecule has 0 radical (unpaired) electrons. The zero-order chi connectivity index (χ0) is 32.2. The number of hydrogen-bond donors (Lipinski definition) is 0. The van der Waals surface area contributed by atoms with Crippen molar-refractivity contribution in [2.45, 2.75) is 29.3 Å². The molecule has 2 aliphatic heterocycles. The number of likely N-dealkylation sites (N-methyl/N-ethyl adjacent to an activating group) is 1. The molecule has 10 nitrogen and oxygen atoms in total. The van der Waals surface area contributed by atoms with E-state index in [4.69, 9.17) is 21.1 Å². The molecule has 5 rings (SSSR count). The summed E-state index contributed by atoms with van der Waals surface area (Å²) in [5.41, 5.74) is -1.83. The molecule has 1 saturated heterocycles. The predicted octanol–water partition coefficient (Wildman–Crippen LogP) is 4.40. The van der Waals surface area contributed by atoms with Crippen LogP contribution >= 0.6 is 11.6 Å². The number of methoxy groups -OCH3 is 2. The summed E-state index contributed by atoms with van der Waals surface area (Å²) in [6.07, 6.45) is -4.92. The number of ether oxygens (including phenoxy) is 3. The van der Waals surface area contributed by atoms with Crippen molar-refractivity contribution in [3.8, 4) is 17.2 Å². The number of fused-ring (bicyclic) bond motifs is 1. The number of nitrogens with zero attached hydrogens (tertiary/aromatic N) is 3. The third-order valence-corrected chi connectivity index (χ3v) is 9.60. The quantitative estimate of drug-likeness (QED) is 0.353. The van der Waals surface area contributed by atoms with Crippen LogP contribution in [0.4, 0.5) is 18.9 Å². The second kappa shape index (κ2) is 11.2. The molecule has 1 fully saturated rings. The molecule has 0 N–H and O–H groups in total. The molecule has 2 amide bonds. The molecule has 0 spiro atoms. The Labute approximate surface area is 256 Å². The van der Waals surface area contributed by atoms with E-state index >= 15 is 0 Å². The average molecular weight is 654 g/mol. The van der Waals surface area contributed by atoms with Crippen molar-refractivity contribution in [1.29, 1.82) is 0 Å². The van der Waals surface area contributed by atoms with Gasteiger partial charge in [0.15, 0.2) is 11.3 Å². The number of alkyl halides is 3. The van der Waals surface area contributed by atoms with Crippen molar-refractivity contribution in [1.82, 2.24) is 9.80 Å². The van der Waals surface area contributed by atoms with E-state index in [1.54, 1.807) is 43.3 Å². The minimum absolute atomic E-state index is 0.103. The zero-order valence-corrected chi connectivity index (χ0v) is 25.5. The lowest BCUT2D eigenvalue weighted by atomic mass is 9.77. The van der Waals surface area contributed by atoms with E-state index in [9.17, 15) is 31.2 Å². The van der Waals surface area contributed by atoms with Crippen molar-refractivity contribution in [3.63, 3.8) is 0 Å². The van der Waals surface area contributed by atoms with Gasteiger partial charge < -0.3 is 19.1 Å². The molecule has 0 bridgehead atoms. The van der Waals surface area contributed by atoms with Gasteiger partial charge in [0.1, 0.15) is 16.4 Å². The molecule has 44 heavy (non-hydrogen) atoms. The van der Waals surface area contributed by atoms with E-state index in [1.165, 1.54) is 37.3 Å². The summed E-state index contributed by atoms with van der Waals surface area (Å²) in [5, 5.41) is 0.150. The van der Waals surface area contributed by atoms with E-state index in [-0.39, 0.29) is 45.8 Å². The van der Waals surface area contributed by atoms with Crippen molar-refractivity contribution in [2.24, 2.45) is 0 Å². The molecule has 2 aliphatic rings. The van der Waals surface area contributed by atoms with Gasteiger partial charge in [0.2, 0.25) is 5.91 Å². The summed E-state index contributed by atoms with van der Waals surface area (Å²) in [6.45, 7) is 0.193. The second-order valence-corrected chi connectivity index (χ2v) is 12.4. The number of carbonyl (C=O) groups is 2. The molecule has 2 atom stereocenters. The molecule has 3 aromatic rings. The fourth-order valence-electron chi connectivity index (χ4n) is 5.70. The van der Waals surface area contributed by atoms with Crippen LogP contribution in [0.3, 0.4) is 0 Å². The molecule has 0 aliphatic carbocycles. The Hall–Kier alpha value is -4.01. The Morgan fingerprint density at radius 1 is 1.00 bits per heavy atom. The van der Waals surface area contributed by atoms with Crippen molar-refractivity contribution < 1.29 is 45.4 Å². The van der Waals surface area contributed by atoms with Gasteiger partial charge >= 0.3 is 6.36 Å². The predicted molar refractivity (Wildman–Crippen MR) is 153 cm³/mol. The third-order valence-electron chi connectivity index (χ3n) is 7.63. The fraction of sp³-hybridized carbons (Fsp3) is 0.310. The number of rotatable bonds is 8. The summed E-state index contributed by atoms with van der Waals surface area (Å²) < 4.78 is 84.2. The van der Waals surface area contributed by atoms with Crippen molar-refractivity contribution in [3.05, 3.63) is 76.8 Å². The monoisotopic (exact) mass is 653 g/mol. The first-order chi connectivity index (χ1) is 20.7. The van der Waals surface area contributed by atoms with Gasteiger partial charge in [-0.15, -0.1) is 13.2 Å². The Bertz CT molecular complexity index is 1750. The highest BCUT2D eigenvalue weighted by atomic mass is 35.5. The van der Waals surface area contributed by atoms with Gasteiger partial charge in [0, 0.05) is 42.9 Å². The van der Waals surface area contributed by atoms with Gasteiger partial charge in [0.05, 0.1) is 25.9 Å². The Morgan fingerprint density at radius 3 is 2.30 bits per heavy atom. The Kier molecular flexibility index (Phi) is 7.97.